The molecule has 1 saturated heterocycles. The number of rotatable bonds is 7. The van der Waals surface area contributed by atoms with Gasteiger partial charge in [0.1, 0.15) is 0 Å². The van der Waals surface area contributed by atoms with Crippen LogP contribution in [0.3, 0.4) is 0 Å². The summed E-state index contributed by atoms with van der Waals surface area (Å²) in [6.45, 7) is 0.621. The first-order valence-corrected chi connectivity index (χ1v) is 10.8. The number of hydrogen-bond acceptors (Lipinski definition) is 4. The van der Waals surface area contributed by atoms with E-state index in [0.717, 1.165) is 17.1 Å². The zero-order valence-electron chi connectivity index (χ0n) is 17.1. The minimum atomic E-state index is -0.224. The standard InChI is InChI=1S/C23H23ClN4O2S/c1-30-20(29)11-6-14-28-22(21(26-23(28)31)18-9-2-3-12-25-18)19-10-5-13-27(19)17-8-4-7-16(24)15-17/h2-5,7-10,12-13,15,21-22H,6,11,14H2,1H3,(H,26,31)/t21-,22-/m0/s1. The molecule has 4 rings (SSSR count). The van der Waals surface area contributed by atoms with Gasteiger partial charge in [0.25, 0.3) is 0 Å². The number of ether oxygens (including phenoxy) is 1. The van der Waals surface area contributed by atoms with Crippen molar-refractivity contribution in [3.05, 3.63) is 83.4 Å². The lowest BCUT2D eigenvalue weighted by Gasteiger charge is -2.29. The summed E-state index contributed by atoms with van der Waals surface area (Å²) in [4.78, 5) is 18.3. The van der Waals surface area contributed by atoms with Crippen LogP contribution in [-0.4, -0.2) is 39.2 Å². The van der Waals surface area contributed by atoms with Crippen LogP contribution in [0.1, 0.15) is 36.3 Å². The zero-order chi connectivity index (χ0) is 21.8. The van der Waals surface area contributed by atoms with Crippen molar-refractivity contribution in [2.75, 3.05) is 13.7 Å². The topological polar surface area (TPSA) is 59.4 Å². The highest BCUT2D eigenvalue weighted by Gasteiger charge is 2.41. The molecular formula is C23H23ClN4O2S. The monoisotopic (exact) mass is 454 g/mol. The van der Waals surface area contributed by atoms with E-state index in [2.05, 4.69) is 25.8 Å². The zero-order valence-corrected chi connectivity index (χ0v) is 18.6. The average Bonchev–Trinajstić information content (AvgIpc) is 3.39. The summed E-state index contributed by atoms with van der Waals surface area (Å²) >= 11 is 11.9. The first-order chi connectivity index (χ1) is 15.1. The van der Waals surface area contributed by atoms with Crippen molar-refractivity contribution in [2.45, 2.75) is 24.9 Å². The normalized spacial score (nSPS) is 18.1. The van der Waals surface area contributed by atoms with Crippen LogP contribution in [0.5, 0.6) is 0 Å². The highest BCUT2D eigenvalue weighted by Crippen LogP contribution is 2.39. The highest BCUT2D eigenvalue weighted by atomic mass is 35.5. The van der Waals surface area contributed by atoms with Crippen molar-refractivity contribution in [1.82, 2.24) is 19.8 Å². The lowest BCUT2D eigenvalue weighted by molar-refractivity contribution is -0.140. The molecule has 0 aliphatic carbocycles. The summed E-state index contributed by atoms with van der Waals surface area (Å²) in [5, 5.41) is 4.76. The fraction of sp³-hybridized carbons (Fsp3) is 0.261. The van der Waals surface area contributed by atoms with Crippen LogP contribution in [0.15, 0.2) is 67.0 Å². The Bertz CT molecular complexity index is 1070. The van der Waals surface area contributed by atoms with E-state index in [0.29, 0.717) is 29.5 Å². The van der Waals surface area contributed by atoms with Crippen LogP contribution in [0.4, 0.5) is 0 Å². The Labute approximate surface area is 191 Å². The van der Waals surface area contributed by atoms with Gasteiger partial charge in [0.2, 0.25) is 0 Å². The molecule has 3 aromatic rings. The van der Waals surface area contributed by atoms with Crippen molar-refractivity contribution in [3.8, 4) is 5.69 Å². The second-order valence-corrected chi connectivity index (χ2v) is 8.11. The maximum Gasteiger partial charge on any atom is 0.305 e. The first kappa shape index (κ1) is 21.3. The largest absolute Gasteiger partial charge is 0.469 e. The number of esters is 1. The molecule has 2 aromatic heterocycles. The molecule has 0 unspecified atom stereocenters. The second-order valence-electron chi connectivity index (χ2n) is 7.28. The fourth-order valence-electron chi connectivity index (χ4n) is 3.96. The molecule has 0 spiro atoms. The second kappa shape index (κ2) is 9.49. The van der Waals surface area contributed by atoms with Crippen LogP contribution >= 0.6 is 23.8 Å². The molecule has 1 aromatic carbocycles. The van der Waals surface area contributed by atoms with Gasteiger partial charge >= 0.3 is 5.97 Å². The van der Waals surface area contributed by atoms with Crippen molar-refractivity contribution in [3.63, 3.8) is 0 Å². The average molecular weight is 455 g/mol. The Kier molecular flexibility index (Phi) is 6.53. The summed E-state index contributed by atoms with van der Waals surface area (Å²) in [6, 6.07) is 17.5. The Hall–Kier alpha value is -2.90. The molecule has 0 amide bonds. The molecule has 2 atom stereocenters. The van der Waals surface area contributed by atoms with E-state index in [-0.39, 0.29) is 18.1 Å². The van der Waals surface area contributed by atoms with Gasteiger partial charge in [-0.05, 0) is 61.1 Å². The predicted octanol–water partition coefficient (Wildman–Crippen LogP) is 4.45. The van der Waals surface area contributed by atoms with Crippen LogP contribution in [0.25, 0.3) is 5.69 Å². The van der Waals surface area contributed by atoms with E-state index in [1.807, 2.05) is 54.7 Å². The summed E-state index contributed by atoms with van der Waals surface area (Å²) < 4.78 is 6.91. The van der Waals surface area contributed by atoms with Gasteiger partial charge in [-0.25, -0.2) is 0 Å². The van der Waals surface area contributed by atoms with E-state index in [9.17, 15) is 4.79 Å². The molecule has 0 bridgehead atoms. The van der Waals surface area contributed by atoms with Gasteiger partial charge in [-0.2, -0.15) is 0 Å². The SMILES string of the molecule is COC(=O)CCCN1C(=S)N[C@@H](c2ccccn2)[C@@H]1c1cccn1-c1cccc(Cl)c1. The number of methoxy groups -OCH3 is 1. The molecule has 0 radical (unpaired) electrons. The molecule has 1 aliphatic heterocycles. The van der Waals surface area contributed by atoms with Crippen LogP contribution in [-0.2, 0) is 9.53 Å². The number of nitrogens with zero attached hydrogens (tertiary/aromatic N) is 3. The third-order valence-corrected chi connectivity index (χ3v) is 5.96. The van der Waals surface area contributed by atoms with Gasteiger partial charge in [0.05, 0.1) is 24.9 Å². The minimum absolute atomic E-state index is 0.103. The Balaban J connectivity index is 1.72. The van der Waals surface area contributed by atoms with E-state index in [1.165, 1.54) is 7.11 Å². The lowest BCUT2D eigenvalue weighted by Crippen LogP contribution is -2.31. The first-order valence-electron chi connectivity index (χ1n) is 10.1. The molecule has 1 N–H and O–H groups in total. The summed E-state index contributed by atoms with van der Waals surface area (Å²) in [6.07, 6.45) is 4.78. The number of hydrogen-bond donors (Lipinski definition) is 1. The van der Waals surface area contributed by atoms with Crippen LogP contribution in [0.2, 0.25) is 5.02 Å². The smallest absolute Gasteiger partial charge is 0.305 e. The Morgan fingerprint density at radius 3 is 2.84 bits per heavy atom. The predicted molar refractivity (Wildman–Crippen MR) is 124 cm³/mol. The van der Waals surface area contributed by atoms with E-state index in [1.54, 1.807) is 6.20 Å². The number of benzene rings is 1. The van der Waals surface area contributed by atoms with Crippen molar-refractivity contribution in [2.24, 2.45) is 0 Å². The van der Waals surface area contributed by atoms with Gasteiger partial charge in [-0.15, -0.1) is 0 Å². The molecule has 0 saturated carbocycles. The highest BCUT2D eigenvalue weighted by molar-refractivity contribution is 7.80. The van der Waals surface area contributed by atoms with Gasteiger partial charge in [0.15, 0.2) is 5.11 Å². The van der Waals surface area contributed by atoms with Crippen LogP contribution < -0.4 is 5.32 Å². The number of halogens is 1. The van der Waals surface area contributed by atoms with Gasteiger partial charge in [-0.1, -0.05) is 23.7 Å². The summed E-state index contributed by atoms with van der Waals surface area (Å²) in [7, 11) is 1.40. The van der Waals surface area contributed by atoms with E-state index < -0.39 is 0 Å². The molecule has 1 aliphatic rings. The third kappa shape index (κ3) is 4.57. The van der Waals surface area contributed by atoms with Crippen LogP contribution in [0, 0.1) is 0 Å². The lowest BCUT2D eigenvalue weighted by atomic mass is 10.0. The third-order valence-electron chi connectivity index (χ3n) is 5.38. The number of carbonyl (C=O) groups is 1. The minimum Gasteiger partial charge on any atom is -0.469 e. The molecular weight excluding hydrogens is 432 g/mol. The molecule has 8 heteroatoms. The summed E-state index contributed by atoms with van der Waals surface area (Å²) in [5.41, 5.74) is 2.94. The number of nitrogens with one attached hydrogen (secondary N) is 1. The number of aromatic nitrogens is 2. The van der Waals surface area contributed by atoms with E-state index in [4.69, 9.17) is 28.6 Å². The van der Waals surface area contributed by atoms with Crippen molar-refractivity contribution in [1.29, 1.82) is 0 Å². The number of thiocarbonyl (C=S) groups is 1. The van der Waals surface area contributed by atoms with Crippen molar-refractivity contribution < 1.29 is 9.53 Å². The van der Waals surface area contributed by atoms with E-state index >= 15 is 0 Å². The molecule has 6 nitrogen and oxygen atoms in total. The Morgan fingerprint density at radius 1 is 1.23 bits per heavy atom. The molecule has 3 heterocycles. The van der Waals surface area contributed by atoms with Gasteiger partial charge in [-0.3, -0.25) is 9.78 Å². The molecule has 1 fully saturated rings. The van der Waals surface area contributed by atoms with Gasteiger partial charge < -0.3 is 19.5 Å². The number of carbonyl (C=O) groups excluding carboxylic acids is 1. The molecule has 160 valence electrons. The Morgan fingerprint density at radius 2 is 2.10 bits per heavy atom. The summed E-state index contributed by atoms with van der Waals surface area (Å²) in [5.74, 6) is -0.224. The number of pyridine rings is 1. The maximum atomic E-state index is 11.6. The quantitative estimate of drug-likeness (QED) is 0.420. The maximum absolute atomic E-state index is 11.6. The van der Waals surface area contributed by atoms with Gasteiger partial charge in [0, 0.05) is 41.8 Å². The molecule has 31 heavy (non-hydrogen) atoms. The fourth-order valence-corrected chi connectivity index (χ4v) is 4.48. The van der Waals surface area contributed by atoms with Crippen molar-refractivity contribution >= 4 is 34.9 Å².